The number of nitrogens with zero attached hydrogens (tertiary/aromatic N) is 2. The van der Waals surface area contributed by atoms with E-state index in [2.05, 4.69) is 0 Å². The van der Waals surface area contributed by atoms with Crippen molar-refractivity contribution >= 4 is 11.9 Å². The van der Waals surface area contributed by atoms with Gasteiger partial charge in [0.05, 0.1) is 6.04 Å². The molecule has 0 N–H and O–H groups in total. The molecule has 4 saturated carbocycles. The fraction of sp³-hybridized carbons (Fsp3) is 0.895. The smallest absolute Gasteiger partial charge is 0.325 e. The maximum Gasteiger partial charge on any atom is 0.326 e. The summed E-state index contributed by atoms with van der Waals surface area (Å²) in [5, 5.41) is 0. The zero-order valence-corrected chi connectivity index (χ0v) is 14.8. The maximum atomic E-state index is 12.9. The van der Waals surface area contributed by atoms with Crippen LogP contribution in [0.5, 0.6) is 0 Å². The molecular formula is C19H30N2O2. The summed E-state index contributed by atoms with van der Waals surface area (Å²) in [6.07, 6.45) is 8.73. The number of carbonyl (C=O) groups excluding carboxylic acids is 2. The van der Waals surface area contributed by atoms with Crippen LogP contribution in [-0.4, -0.2) is 41.4 Å². The Morgan fingerprint density at radius 1 is 1.17 bits per heavy atom. The van der Waals surface area contributed by atoms with Crippen LogP contribution in [0.2, 0.25) is 0 Å². The molecule has 5 aliphatic rings. The second-order valence-electron chi connectivity index (χ2n) is 8.98. The normalized spacial score (nSPS) is 43.3. The van der Waals surface area contributed by atoms with Crippen LogP contribution in [0.3, 0.4) is 0 Å². The van der Waals surface area contributed by atoms with E-state index >= 15 is 0 Å². The van der Waals surface area contributed by atoms with E-state index in [1.807, 2.05) is 20.9 Å². The Hall–Kier alpha value is -1.06. The van der Waals surface area contributed by atoms with Gasteiger partial charge in [-0.15, -0.1) is 0 Å². The van der Waals surface area contributed by atoms with Gasteiger partial charge in [0.2, 0.25) is 5.91 Å². The number of likely N-dealkylation sites (N-methyl/N-ethyl adjacent to an activating group) is 1. The first-order valence-electron chi connectivity index (χ1n) is 9.51. The first-order chi connectivity index (χ1) is 10.9. The van der Waals surface area contributed by atoms with Crippen molar-refractivity contribution in [2.75, 3.05) is 13.6 Å². The molecule has 0 aromatic carbocycles. The van der Waals surface area contributed by atoms with E-state index in [1.54, 1.807) is 9.80 Å². The van der Waals surface area contributed by atoms with Crippen LogP contribution in [-0.2, 0) is 4.79 Å². The summed E-state index contributed by atoms with van der Waals surface area (Å²) in [6.45, 7) is 4.74. The Morgan fingerprint density at radius 3 is 2.17 bits per heavy atom. The van der Waals surface area contributed by atoms with Crippen LogP contribution in [0.25, 0.3) is 0 Å². The van der Waals surface area contributed by atoms with Gasteiger partial charge in [-0.1, -0.05) is 13.8 Å². The summed E-state index contributed by atoms with van der Waals surface area (Å²) in [6, 6.07) is 0.0611. The van der Waals surface area contributed by atoms with E-state index < -0.39 is 0 Å². The maximum absolute atomic E-state index is 12.9. The number of rotatable bonds is 3. The largest absolute Gasteiger partial charge is 0.326 e. The van der Waals surface area contributed by atoms with Crippen molar-refractivity contribution in [2.45, 2.75) is 64.8 Å². The van der Waals surface area contributed by atoms with Gasteiger partial charge in [0.15, 0.2) is 0 Å². The lowest BCUT2D eigenvalue weighted by Crippen LogP contribution is -2.58. The Labute approximate surface area is 139 Å². The summed E-state index contributed by atoms with van der Waals surface area (Å²) in [5.74, 6) is 2.55. The van der Waals surface area contributed by atoms with Crippen LogP contribution < -0.4 is 0 Å². The van der Waals surface area contributed by atoms with E-state index in [9.17, 15) is 9.59 Å². The number of hydrogen-bond donors (Lipinski definition) is 0. The lowest BCUT2D eigenvalue weighted by atomic mass is 9.47. The number of amides is 3. The molecule has 4 heteroatoms. The van der Waals surface area contributed by atoms with Crippen LogP contribution in [0.4, 0.5) is 4.79 Å². The Balaban J connectivity index is 1.66. The molecule has 3 amide bonds. The van der Waals surface area contributed by atoms with Crippen molar-refractivity contribution < 1.29 is 9.59 Å². The molecule has 0 aromatic heterocycles. The van der Waals surface area contributed by atoms with Gasteiger partial charge in [0, 0.05) is 19.5 Å². The highest BCUT2D eigenvalue weighted by Gasteiger charge is 2.59. The topological polar surface area (TPSA) is 40.6 Å². The molecule has 0 unspecified atom stereocenters. The van der Waals surface area contributed by atoms with E-state index in [0.717, 1.165) is 30.7 Å². The van der Waals surface area contributed by atoms with Gasteiger partial charge in [-0.25, -0.2) is 4.79 Å². The van der Waals surface area contributed by atoms with Crippen molar-refractivity contribution in [3.63, 3.8) is 0 Å². The second-order valence-corrected chi connectivity index (χ2v) is 8.98. The van der Waals surface area contributed by atoms with Gasteiger partial charge in [0.1, 0.15) is 0 Å². The Bertz CT molecular complexity index is 494. The number of carbonyl (C=O) groups is 2. The standard InChI is InChI=1S/C19H30N2O2/c1-4-12(2)17(22)21-16(11-20(3)18(21)23)19-8-13-5-14(9-19)7-15(6-13)10-19/h12-16H,4-11H2,1-3H3/t12-,13?,14?,15?,16+,19?/m1/s1. The summed E-state index contributed by atoms with van der Waals surface area (Å²) in [7, 11) is 1.86. The van der Waals surface area contributed by atoms with Crippen molar-refractivity contribution in [3.05, 3.63) is 0 Å². The van der Waals surface area contributed by atoms with Gasteiger partial charge in [-0.3, -0.25) is 9.69 Å². The lowest BCUT2D eigenvalue weighted by Gasteiger charge is -2.59. The molecule has 4 aliphatic carbocycles. The quantitative estimate of drug-likeness (QED) is 0.799. The summed E-state index contributed by atoms with van der Waals surface area (Å²) in [4.78, 5) is 29.1. The Kier molecular flexibility index (Phi) is 3.51. The molecule has 1 saturated heterocycles. The molecule has 0 spiro atoms. The molecule has 1 aliphatic heterocycles. The van der Waals surface area contributed by atoms with Gasteiger partial charge in [0.25, 0.3) is 0 Å². The van der Waals surface area contributed by atoms with Crippen molar-refractivity contribution in [2.24, 2.45) is 29.1 Å². The lowest BCUT2D eigenvalue weighted by molar-refractivity contribution is -0.141. The van der Waals surface area contributed by atoms with E-state index in [1.165, 1.54) is 38.5 Å². The van der Waals surface area contributed by atoms with Crippen LogP contribution in [0, 0.1) is 29.1 Å². The van der Waals surface area contributed by atoms with Crippen LogP contribution in [0.1, 0.15) is 58.8 Å². The Morgan fingerprint density at radius 2 is 1.70 bits per heavy atom. The SMILES string of the molecule is CC[C@@H](C)C(=O)N1C(=O)N(C)C[C@H]1C12CC3CC(CC(C3)C1)C2. The van der Waals surface area contributed by atoms with Crippen molar-refractivity contribution in [1.29, 1.82) is 0 Å². The fourth-order valence-corrected chi connectivity index (χ4v) is 6.45. The molecule has 4 nitrogen and oxygen atoms in total. The molecule has 128 valence electrons. The zero-order chi connectivity index (χ0) is 16.4. The van der Waals surface area contributed by atoms with Crippen LogP contribution in [0.15, 0.2) is 0 Å². The highest BCUT2D eigenvalue weighted by atomic mass is 16.2. The average molecular weight is 318 g/mol. The molecule has 5 fully saturated rings. The molecule has 0 radical (unpaired) electrons. The number of imide groups is 1. The van der Waals surface area contributed by atoms with Crippen molar-refractivity contribution in [1.82, 2.24) is 9.80 Å². The van der Waals surface area contributed by atoms with Gasteiger partial charge < -0.3 is 4.90 Å². The van der Waals surface area contributed by atoms with Gasteiger partial charge >= 0.3 is 6.03 Å². The third-order valence-corrected chi connectivity index (χ3v) is 7.35. The van der Waals surface area contributed by atoms with E-state index in [0.29, 0.717) is 0 Å². The van der Waals surface area contributed by atoms with Crippen molar-refractivity contribution in [3.8, 4) is 0 Å². The molecule has 23 heavy (non-hydrogen) atoms. The number of urea groups is 1. The third-order valence-electron chi connectivity index (χ3n) is 7.35. The zero-order valence-electron chi connectivity index (χ0n) is 14.8. The van der Waals surface area contributed by atoms with E-state index in [-0.39, 0.29) is 29.3 Å². The third kappa shape index (κ3) is 2.24. The predicted octanol–water partition coefficient (Wildman–Crippen LogP) is 3.51. The summed E-state index contributed by atoms with van der Waals surface area (Å²) in [5.41, 5.74) is 0.221. The highest BCUT2D eigenvalue weighted by molar-refractivity contribution is 5.97. The minimum Gasteiger partial charge on any atom is -0.325 e. The minimum atomic E-state index is -0.0592. The monoisotopic (exact) mass is 318 g/mol. The summed E-state index contributed by atoms with van der Waals surface area (Å²) < 4.78 is 0. The molecule has 1 heterocycles. The van der Waals surface area contributed by atoms with E-state index in [4.69, 9.17) is 0 Å². The minimum absolute atomic E-state index is 0.0538. The van der Waals surface area contributed by atoms with Crippen LogP contribution >= 0.6 is 0 Å². The summed E-state index contributed by atoms with van der Waals surface area (Å²) >= 11 is 0. The molecule has 2 atom stereocenters. The predicted molar refractivity (Wildman–Crippen MR) is 88.7 cm³/mol. The van der Waals surface area contributed by atoms with Gasteiger partial charge in [-0.2, -0.15) is 0 Å². The molecule has 0 aromatic rings. The molecule has 4 bridgehead atoms. The first-order valence-corrected chi connectivity index (χ1v) is 9.51. The number of hydrogen-bond acceptors (Lipinski definition) is 2. The molecule has 5 rings (SSSR count). The fourth-order valence-electron chi connectivity index (χ4n) is 6.45. The highest BCUT2D eigenvalue weighted by Crippen LogP contribution is 2.62. The van der Waals surface area contributed by atoms with Gasteiger partial charge in [-0.05, 0) is 68.1 Å². The average Bonchev–Trinajstić information content (AvgIpc) is 2.81. The first kappa shape index (κ1) is 15.5. The second kappa shape index (κ2) is 5.22. The molecular weight excluding hydrogens is 288 g/mol.